The summed E-state index contributed by atoms with van der Waals surface area (Å²) in [6.45, 7) is 6.34. The van der Waals surface area contributed by atoms with Crippen molar-refractivity contribution in [2.45, 2.75) is 38.4 Å². The van der Waals surface area contributed by atoms with Crippen molar-refractivity contribution < 1.29 is 0 Å². The van der Waals surface area contributed by atoms with Crippen LogP contribution in [0.25, 0.3) is 0 Å². The van der Waals surface area contributed by atoms with Gasteiger partial charge >= 0.3 is 0 Å². The lowest BCUT2D eigenvalue weighted by molar-refractivity contribution is 0.489. The van der Waals surface area contributed by atoms with E-state index in [0.29, 0.717) is 10.7 Å². The van der Waals surface area contributed by atoms with Gasteiger partial charge in [0.2, 0.25) is 0 Å². The molecule has 0 saturated heterocycles. The number of aromatic nitrogens is 2. The summed E-state index contributed by atoms with van der Waals surface area (Å²) < 4.78 is 1.90. The molecule has 2 nitrogen and oxygen atoms in total. The fraction of sp³-hybridized carbons (Fsp3) is 0.727. The number of hydrogen-bond donors (Lipinski definition) is 0. The summed E-state index contributed by atoms with van der Waals surface area (Å²) in [6, 6.07) is 0. The third-order valence-electron chi connectivity index (χ3n) is 2.89. The number of rotatable bonds is 4. The van der Waals surface area contributed by atoms with Crippen LogP contribution in [0.1, 0.15) is 31.7 Å². The van der Waals surface area contributed by atoms with Crippen molar-refractivity contribution in [3.05, 3.63) is 16.4 Å². The zero-order chi connectivity index (χ0) is 11.6. The molecule has 1 aromatic rings. The number of aryl methyl sites for hydroxylation is 2. The molecule has 1 rings (SSSR count). The minimum atomic E-state index is 0.508. The maximum Gasteiger partial charge on any atom is 0.0847 e. The third kappa shape index (κ3) is 2.97. The van der Waals surface area contributed by atoms with Gasteiger partial charge in [-0.25, -0.2) is 0 Å². The second kappa shape index (κ2) is 5.35. The van der Waals surface area contributed by atoms with Gasteiger partial charge in [-0.1, -0.05) is 47.8 Å². The van der Waals surface area contributed by atoms with Crippen LogP contribution in [0.4, 0.5) is 0 Å². The molecule has 0 fully saturated rings. The molecule has 2 atom stereocenters. The molecular weight excluding hydrogens is 275 g/mol. The smallest absolute Gasteiger partial charge is 0.0847 e. The zero-order valence-electron chi connectivity index (χ0n) is 9.72. The van der Waals surface area contributed by atoms with Gasteiger partial charge in [0.25, 0.3) is 0 Å². The third-order valence-corrected chi connectivity index (χ3v) is 4.13. The normalized spacial score (nSPS) is 15.3. The molecule has 0 bridgehead atoms. The summed E-state index contributed by atoms with van der Waals surface area (Å²) >= 11 is 9.86. The van der Waals surface area contributed by atoms with Gasteiger partial charge in [-0.05, 0) is 19.3 Å². The number of hydrogen-bond acceptors (Lipinski definition) is 1. The molecule has 15 heavy (non-hydrogen) atoms. The van der Waals surface area contributed by atoms with Crippen molar-refractivity contribution in [2.24, 2.45) is 13.0 Å². The summed E-state index contributed by atoms with van der Waals surface area (Å²) in [6.07, 6.45) is 2.13. The molecular formula is C11H18BrClN2. The van der Waals surface area contributed by atoms with Crippen LogP contribution in [-0.4, -0.2) is 14.6 Å². The molecule has 4 heteroatoms. The molecule has 0 saturated carbocycles. The molecule has 1 heterocycles. The van der Waals surface area contributed by atoms with Gasteiger partial charge in [-0.2, -0.15) is 5.10 Å². The van der Waals surface area contributed by atoms with Gasteiger partial charge in [-0.3, -0.25) is 4.68 Å². The van der Waals surface area contributed by atoms with Crippen LogP contribution in [0.15, 0.2) is 0 Å². The Morgan fingerprint density at radius 1 is 1.53 bits per heavy atom. The Morgan fingerprint density at radius 2 is 2.13 bits per heavy atom. The lowest BCUT2D eigenvalue weighted by atomic mass is 9.97. The van der Waals surface area contributed by atoms with Crippen molar-refractivity contribution in [3.8, 4) is 0 Å². The minimum Gasteiger partial charge on any atom is -0.271 e. The topological polar surface area (TPSA) is 17.8 Å². The van der Waals surface area contributed by atoms with Crippen LogP contribution in [0, 0.1) is 12.8 Å². The quantitative estimate of drug-likeness (QED) is 0.773. The van der Waals surface area contributed by atoms with Gasteiger partial charge in [0.05, 0.1) is 16.4 Å². The van der Waals surface area contributed by atoms with Crippen molar-refractivity contribution >= 4 is 27.5 Å². The average Bonchev–Trinajstić information content (AvgIpc) is 2.39. The SMILES string of the molecule is CCC(Cc1c(Cl)c(C)nn1C)C(C)Br. The van der Waals surface area contributed by atoms with E-state index < -0.39 is 0 Å². The largest absolute Gasteiger partial charge is 0.271 e. The van der Waals surface area contributed by atoms with E-state index in [-0.39, 0.29) is 0 Å². The summed E-state index contributed by atoms with van der Waals surface area (Å²) in [5, 5.41) is 5.15. The number of nitrogens with zero attached hydrogens (tertiary/aromatic N) is 2. The minimum absolute atomic E-state index is 0.508. The van der Waals surface area contributed by atoms with Crippen LogP contribution in [0.3, 0.4) is 0 Å². The maximum atomic E-state index is 6.22. The van der Waals surface area contributed by atoms with E-state index in [1.54, 1.807) is 0 Å². The van der Waals surface area contributed by atoms with E-state index in [9.17, 15) is 0 Å². The van der Waals surface area contributed by atoms with Gasteiger partial charge in [0.1, 0.15) is 0 Å². The second-order valence-electron chi connectivity index (χ2n) is 4.02. The molecule has 86 valence electrons. The Labute approximate surface area is 105 Å². The van der Waals surface area contributed by atoms with Gasteiger partial charge in [-0.15, -0.1) is 0 Å². The molecule has 0 spiro atoms. The Morgan fingerprint density at radius 3 is 2.47 bits per heavy atom. The van der Waals surface area contributed by atoms with E-state index in [0.717, 1.165) is 29.3 Å². The Bertz CT molecular complexity index is 334. The lowest BCUT2D eigenvalue weighted by Gasteiger charge is -2.17. The Hall–Kier alpha value is -0.0200. The molecule has 1 aromatic heterocycles. The van der Waals surface area contributed by atoms with Gasteiger partial charge < -0.3 is 0 Å². The second-order valence-corrected chi connectivity index (χ2v) is 5.84. The van der Waals surface area contributed by atoms with E-state index in [1.807, 2.05) is 18.7 Å². The van der Waals surface area contributed by atoms with Crippen LogP contribution >= 0.6 is 27.5 Å². The van der Waals surface area contributed by atoms with Crippen molar-refractivity contribution in [2.75, 3.05) is 0 Å². The summed E-state index contributed by atoms with van der Waals surface area (Å²) in [4.78, 5) is 0.508. The maximum absolute atomic E-state index is 6.22. The molecule has 0 amide bonds. The molecule has 0 aliphatic carbocycles. The fourth-order valence-electron chi connectivity index (χ4n) is 1.78. The lowest BCUT2D eigenvalue weighted by Crippen LogP contribution is -2.15. The summed E-state index contributed by atoms with van der Waals surface area (Å²) in [5.41, 5.74) is 2.07. The highest BCUT2D eigenvalue weighted by molar-refractivity contribution is 9.09. The van der Waals surface area contributed by atoms with E-state index in [1.165, 1.54) is 0 Å². The molecule has 0 radical (unpaired) electrons. The highest BCUT2D eigenvalue weighted by Crippen LogP contribution is 2.26. The van der Waals surface area contributed by atoms with E-state index in [2.05, 4.69) is 34.9 Å². The van der Waals surface area contributed by atoms with Crippen molar-refractivity contribution in [1.29, 1.82) is 0 Å². The Balaban J connectivity index is 2.88. The van der Waals surface area contributed by atoms with Gasteiger partial charge in [0.15, 0.2) is 0 Å². The van der Waals surface area contributed by atoms with Crippen molar-refractivity contribution in [3.63, 3.8) is 0 Å². The molecule has 0 aliphatic heterocycles. The predicted octanol–water partition coefficient (Wildman–Crippen LogP) is 3.73. The number of halogens is 2. The van der Waals surface area contributed by atoms with Crippen LogP contribution in [0.2, 0.25) is 5.02 Å². The fourth-order valence-corrected chi connectivity index (χ4v) is 2.58. The first kappa shape index (κ1) is 13.0. The van der Waals surface area contributed by atoms with Crippen LogP contribution in [-0.2, 0) is 13.5 Å². The highest BCUT2D eigenvalue weighted by Gasteiger charge is 2.18. The molecule has 0 N–H and O–H groups in total. The van der Waals surface area contributed by atoms with E-state index >= 15 is 0 Å². The predicted molar refractivity (Wildman–Crippen MR) is 68.8 cm³/mol. The van der Waals surface area contributed by atoms with E-state index in [4.69, 9.17) is 11.6 Å². The first-order chi connectivity index (χ1) is 6.97. The first-order valence-electron chi connectivity index (χ1n) is 5.29. The molecule has 0 aromatic carbocycles. The zero-order valence-corrected chi connectivity index (χ0v) is 12.1. The van der Waals surface area contributed by atoms with Crippen molar-refractivity contribution in [1.82, 2.24) is 9.78 Å². The van der Waals surface area contributed by atoms with Gasteiger partial charge in [0, 0.05) is 11.9 Å². The molecule has 0 aliphatic rings. The van der Waals surface area contributed by atoms with Crippen LogP contribution < -0.4 is 0 Å². The highest BCUT2D eigenvalue weighted by atomic mass is 79.9. The summed E-state index contributed by atoms with van der Waals surface area (Å²) in [5.74, 6) is 0.609. The summed E-state index contributed by atoms with van der Waals surface area (Å²) in [7, 11) is 1.96. The Kier molecular flexibility index (Phi) is 4.65. The number of alkyl halides is 1. The molecule has 2 unspecified atom stereocenters. The standard InChI is InChI=1S/C11H18BrClN2/c1-5-9(7(2)12)6-10-11(13)8(3)14-15(10)4/h7,9H,5-6H2,1-4H3. The first-order valence-corrected chi connectivity index (χ1v) is 6.58. The van der Waals surface area contributed by atoms with Crippen LogP contribution in [0.5, 0.6) is 0 Å². The monoisotopic (exact) mass is 292 g/mol. The average molecular weight is 294 g/mol.